The Morgan fingerprint density at radius 1 is 1.22 bits per heavy atom. The molecule has 0 aliphatic carbocycles. The summed E-state index contributed by atoms with van der Waals surface area (Å²) in [7, 11) is 0. The molecule has 0 bridgehead atoms. The largest absolute Gasteiger partial charge is 0.347 e. The fourth-order valence-corrected chi connectivity index (χ4v) is 1.80. The van der Waals surface area contributed by atoms with E-state index in [1.807, 2.05) is 18.2 Å². The number of pyridine rings is 1. The molecule has 0 unspecified atom stereocenters. The summed E-state index contributed by atoms with van der Waals surface area (Å²) in [6.45, 7) is 0.354. The van der Waals surface area contributed by atoms with Gasteiger partial charge in [0.05, 0.1) is 0 Å². The molecule has 2 aromatic rings. The molecule has 1 aromatic heterocycles. The summed E-state index contributed by atoms with van der Waals surface area (Å²) in [5.41, 5.74) is 1.14. The monoisotopic (exact) mass is 280 g/mol. The highest BCUT2D eigenvalue weighted by Gasteiger charge is 2.08. The van der Waals surface area contributed by atoms with Crippen molar-refractivity contribution >= 4 is 29.1 Å². The molecule has 0 aliphatic rings. The highest BCUT2D eigenvalue weighted by molar-refractivity contribution is 6.31. The van der Waals surface area contributed by atoms with Crippen LogP contribution in [-0.2, 0) is 6.54 Å². The zero-order valence-electron chi connectivity index (χ0n) is 9.36. The van der Waals surface area contributed by atoms with Crippen LogP contribution >= 0.6 is 23.2 Å². The van der Waals surface area contributed by atoms with Crippen LogP contribution in [0.2, 0.25) is 10.0 Å². The minimum absolute atomic E-state index is 0.280. The molecule has 1 heterocycles. The van der Waals surface area contributed by atoms with Crippen LogP contribution in [0.3, 0.4) is 0 Å². The lowest BCUT2D eigenvalue weighted by atomic mass is 10.2. The number of rotatable bonds is 3. The van der Waals surface area contributed by atoms with Crippen molar-refractivity contribution in [2.45, 2.75) is 6.54 Å². The maximum atomic E-state index is 11.8. The molecule has 0 saturated heterocycles. The number of hydrogen-bond acceptors (Lipinski definition) is 2. The fourth-order valence-electron chi connectivity index (χ4n) is 1.44. The molecule has 92 valence electrons. The van der Waals surface area contributed by atoms with Gasteiger partial charge in [-0.05, 0) is 23.8 Å². The van der Waals surface area contributed by atoms with Gasteiger partial charge in [0.25, 0.3) is 5.91 Å². The van der Waals surface area contributed by atoms with E-state index in [-0.39, 0.29) is 11.6 Å². The minimum Gasteiger partial charge on any atom is -0.347 e. The molecule has 0 fully saturated rings. The first-order chi connectivity index (χ1) is 8.66. The van der Waals surface area contributed by atoms with E-state index in [4.69, 9.17) is 23.2 Å². The molecular weight excluding hydrogens is 271 g/mol. The second kappa shape index (κ2) is 5.85. The number of benzene rings is 1. The SMILES string of the molecule is O=C(NCc1ccccc1Cl)c1cc(Cl)ccn1. The molecule has 3 nitrogen and oxygen atoms in total. The number of hydrogen-bond donors (Lipinski definition) is 1. The number of amides is 1. The number of aromatic nitrogens is 1. The van der Waals surface area contributed by atoms with Crippen molar-refractivity contribution in [3.63, 3.8) is 0 Å². The predicted octanol–water partition coefficient (Wildman–Crippen LogP) is 3.32. The van der Waals surface area contributed by atoms with E-state index >= 15 is 0 Å². The highest BCUT2D eigenvalue weighted by Crippen LogP contribution is 2.14. The number of nitrogens with zero attached hydrogens (tertiary/aromatic N) is 1. The van der Waals surface area contributed by atoms with Gasteiger partial charge in [0.15, 0.2) is 0 Å². The quantitative estimate of drug-likeness (QED) is 0.937. The number of halogens is 2. The Hall–Kier alpha value is -1.58. The highest BCUT2D eigenvalue weighted by atomic mass is 35.5. The zero-order valence-corrected chi connectivity index (χ0v) is 10.9. The van der Waals surface area contributed by atoms with Crippen molar-refractivity contribution in [2.75, 3.05) is 0 Å². The lowest BCUT2D eigenvalue weighted by molar-refractivity contribution is 0.0946. The van der Waals surface area contributed by atoms with Crippen LogP contribution in [0.1, 0.15) is 16.1 Å². The van der Waals surface area contributed by atoms with Gasteiger partial charge in [-0.25, -0.2) is 0 Å². The van der Waals surface area contributed by atoms with Crippen LogP contribution in [0, 0.1) is 0 Å². The molecule has 0 spiro atoms. The summed E-state index contributed by atoms with van der Waals surface area (Å²) >= 11 is 11.8. The van der Waals surface area contributed by atoms with E-state index in [1.165, 1.54) is 12.3 Å². The summed E-state index contributed by atoms with van der Waals surface area (Å²) < 4.78 is 0. The normalized spacial score (nSPS) is 10.1. The van der Waals surface area contributed by atoms with Crippen molar-refractivity contribution in [2.24, 2.45) is 0 Å². The Labute approximate surface area is 115 Å². The van der Waals surface area contributed by atoms with Gasteiger partial charge in [-0.3, -0.25) is 9.78 Å². The van der Waals surface area contributed by atoms with Gasteiger partial charge in [0.2, 0.25) is 0 Å². The lowest BCUT2D eigenvalue weighted by Gasteiger charge is -2.06. The molecule has 0 saturated carbocycles. The fraction of sp³-hybridized carbons (Fsp3) is 0.0769. The van der Waals surface area contributed by atoms with Crippen LogP contribution in [0.4, 0.5) is 0 Å². The van der Waals surface area contributed by atoms with E-state index in [0.29, 0.717) is 16.6 Å². The van der Waals surface area contributed by atoms with Crippen molar-refractivity contribution in [1.82, 2.24) is 10.3 Å². The number of carbonyl (C=O) groups excluding carboxylic acids is 1. The standard InChI is InChI=1S/C13H10Cl2N2O/c14-10-5-6-16-12(7-10)13(18)17-8-9-3-1-2-4-11(9)15/h1-7H,8H2,(H,17,18). The summed E-state index contributed by atoms with van der Waals surface area (Å²) in [6, 6.07) is 10.5. The molecule has 1 amide bonds. The van der Waals surface area contributed by atoms with Crippen molar-refractivity contribution < 1.29 is 4.79 Å². The van der Waals surface area contributed by atoms with Crippen molar-refractivity contribution in [3.8, 4) is 0 Å². The third-order valence-corrected chi connectivity index (χ3v) is 2.96. The Morgan fingerprint density at radius 3 is 2.72 bits per heavy atom. The average Bonchev–Trinajstić information content (AvgIpc) is 2.37. The first-order valence-corrected chi connectivity index (χ1v) is 6.05. The molecule has 1 N–H and O–H groups in total. The Bertz CT molecular complexity index is 572. The van der Waals surface area contributed by atoms with Gasteiger partial charge in [0.1, 0.15) is 5.69 Å². The van der Waals surface area contributed by atoms with Crippen LogP contribution in [-0.4, -0.2) is 10.9 Å². The van der Waals surface area contributed by atoms with Crippen LogP contribution < -0.4 is 5.32 Å². The maximum Gasteiger partial charge on any atom is 0.270 e. The Kier molecular flexibility index (Phi) is 4.18. The van der Waals surface area contributed by atoms with Crippen molar-refractivity contribution in [1.29, 1.82) is 0 Å². The van der Waals surface area contributed by atoms with Crippen LogP contribution in [0.5, 0.6) is 0 Å². The van der Waals surface area contributed by atoms with Gasteiger partial charge in [-0.2, -0.15) is 0 Å². The lowest BCUT2D eigenvalue weighted by Crippen LogP contribution is -2.23. The molecule has 0 radical (unpaired) electrons. The zero-order chi connectivity index (χ0) is 13.0. The number of nitrogens with one attached hydrogen (secondary N) is 1. The molecule has 0 aliphatic heterocycles. The third kappa shape index (κ3) is 3.22. The smallest absolute Gasteiger partial charge is 0.270 e. The van der Waals surface area contributed by atoms with E-state index in [2.05, 4.69) is 10.3 Å². The van der Waals surface area contributed by atoms with Crippen LogP contribution in [0.25, 0.3) is 0 Å². The molecular formula is C13H10Cl2N2O. The molecule has 5 heteroatoms. The van der Waals surface area contributed by atoms with E-state index < -0.39 is 0 Å². The van der Waals surface area contributed by atoms with E-state index in [0.717, 1.165) is 5.56 Å². The topological polar surface area (TPSA) is 42.0 Å². The maximum absolute atomic E-state index is 11.8. The van der Waals surface area contributed by atoms with Gasteiger partial charge in [0, 0.05) is 22.8 Å². The second-order valence-corrected chi connectivity index (χ2v) is 4.48. The summed E-state index contributed by atoms with van der Waals surface area (Å²) in [5, 5.41) is 3.84. The average molecular weight is 281 g/mol. The summed E-state index contributed by atoms with van der Waals surface area (Å²) in [5.74, 6) is -0.280. The summed E-state index contributed by atoms with van der Waals surface area (Å²) in [6.07, 6.45) is 1.49. The first-order valence-electron chi connectivity index (χ1n) is 5.30. The first kappa shape index (κ1) is 12.9. The van der Waals surface area contributed by atoms with Gasteiger partial charge < -0.3 is 5.32 Å². The Balaban J connectivity index is 2.03. The Morgan fingerprint density at radius 2 is 2.00 bits per heavy atom. The van der Waals surface area contributed by atoms with Gasteiger partial charge in [-0.1, -0.05) is 41.4 Å². The molecule has 0 atom stereocenters. The molecule has 2 rings (SSSR count). The van der Waals surface area contributed by atoms with E-state index in [1.54, 1.807) is 12.1 Å². The van der Waals surface area contributed by atoms with Crippen molar-refractivity contribution in [3.05, 3.63) is 63.9 Å². The minimum atomic E-state index is -0.280. The predicted molar refractivity (Wildman–Crippen MR) is 71.9 cm³/mol. The second-order valence-electron chi connectivity index (χ2n) is 3.63. The molecule has 1 aromatic carbocycles. The van der Waals surface area contributed by atoms with Gasteiger partial charge in [-0.15, -0.1) is 0 Å². The number of carbonyl (C=O) groups is 1. The third-order valence-electron chi connectivity index (χ3n) is 2.35. The van der Waals surface area contributed by atoms with Gasteiger partial charge >= 0.3 is 0 Å². The summed E-state index contributed by atoms with van der Waals surface area (Å²) in [4.78, 5) is 15.8. The molecule has 18 heavy (non-hydrogen) atoms. The van der Waals surface area contributed by atoms with E-state index in [9.17, 15) is 4.79 Å². The van der Waals surface area contributed by atoms with Crippen LogP contribution in [0.15, 0.2) is 42.6 Å².